The van der Waals surface area contributed by atoms with Crippen LogP contribution in [0.5, 0.6) is 5.75 Å². The van der Waals surface area contributed by atoms with Crippen LogP contribution in [0.2, 0.25) is 0 Å². The lowest BCUT2D eigenvalue weighted by molar-refractivity contribution is 0.463. The molecule has 1 aliphatic heterocycles. The smallest absolute Gasteiger partial charge is 0.121 e. The van der Waals surface area contributed by atoms with Gasteiger partial charge in [-0.05, 0) is 19.2 Å². The number of nitrogens with one attached hydrogen (secondary N) is 2. The standard InChI is InChI=1S/C10H14N2O/c1-11-5-7-6-12-8-3-2-4-9(13)10(7)8/h2-4,7,11-13H,5-6H2,1H3. The van der Waals surface area contributed by atoms with Crippen LogP contribution >= 0.6 is 0 Å². The van der Waals surface area contributed by atoms with E-state index in [1.807, 2.05) is 19.2 Å². The van der Waals surface area contributed by atoms with Gasteiger partial charge < -0.3 is 15.7 Å². The van der Waals surface area contributed by atoms with Gasteiger partial charge in [0, 0.05) is 30.3 Å². The zero-order valence-corrected chi connectivity index (χ0v) is 7.67. The highest BCUT2D eigenvalue weighted by atomic mass is 16.3. The number of rotatable bonds is 2. The molecule has 1 atom stereocenters. The van der Waals surface area contributed by atoms with Crippen LogP contribution in [0.15, 0.2) is 18.2 Å². The van der Waals surface area contributed by atoms with Gasteiger partial charge >= 0.3 is 0 Å². The lowest BCUT2D eigenvalue weighted by atomic mass is 10.0. The second-order valence-electron chi connectivity index (χ2n) is 3.37. The molecule has 1 aromatic rings. The summed E-state index contributed by atoms with van der Waals surface area (Å²) in [4.78, 5) is 0. The summed E-state index contributed by atoms with van der Waals surface area (Å²) in [6, 6.07) is 5.61. The molecule has 0 saturated carbocycles. The largest absolute Gasteiger partial charge is 0.508 e. The minimum absolute atomic E-state index is 0.390. The number of phenols is 1. The Labute approximate surface area is 77.8 Å². The molecule has 0 spiro atoms. The molecule has 0 fully saturated rings. The third-order valence-corrected chi connectivity index (χ3v) is 2.48. The van der Waals surface area contributed by atoms with Gasteiger partial charge in [-0.2, -0.15) is 0 Å². The van der Waals surface area contributed by atoms with Crippen LogP contribution in [0.3, 0.4) is 0 Å². The highest BCUT2D eigenvalue weighted by Crippen LogP contribution is 2.37. The highest BCUT2D eigenvalue weighted by molar-refractivity contribution is 5.63. The Morgan fingerprint density at radius 1 is 1.62 bits per heavy atom. The van der Waals surface area contributed by atoms with Crippen molar-refractivity contribution in [3.63, 3.8) is 0 Å². The quantitative estimate of drug-likeness (QED) is 0.636. The maximum atomic E-state index is 9.66. The fourth-order valence-electron chi connectivity index (χ4n) is 1.89. The number of anilines is 1. The lowest BCUT2D eigenvalue weighted by Crippen LogP contribution is -2.18. The SMILES string of the molecule is CNCC1CNc2cccc(O)c21. The molecule has 0 bridgehead atoms. The van der Waals surface area contributed by atoms with Crippen molar-refractivity contribution in [3.05, 3.63) is 23.8 Å². The second kappa shape index (κ2) is 3.26. The van der Waals surface area contributed by atoms with Crippen LogP contribution in [-0.4, -0.2) is 25.2 Å². The summed E-state index contributed by atoms with van der Waals surface area (Å²) in [5, 5.41) is 16.1. The molecule has 3 heteroatoms. The first-order valence-corrected chi connectivity index (χ1v) is 4.53. The molecule has 2 rings (SSSR count). The molecule has 3 N–H and O–H groups in total. The number of fused-ring (bicyclic) bond motifs is 1. The molecule has 3 nitrogen and oxygen atoms in total. The second-order valence-corrected chi connectivity index (χ2v) is 3.37. The Kier molecular flexibility index (Phi) is 2.10. The van der Waals surface area contributed by atoms with E-state index >= 15 is 0 Å². The van der Waals surface area contributed by atoms with Gasteiger partial charge in [-0.1, -0.05) is 6.07 Å². The first-order valence-electron chi connectivity index (χ1n) is 4.53. The molecule has 0 radical (unpaired) electrons. The molecule has 1 heterocycles. The molecule has 1 aliphatic rings. The third kappa shape index (κ3) is 1.35. The fourth-order valence-corrected chi connectivity index (χ4v) is 1.89. The number of hydrogen-bond donors (Lipinski definition) is 3. The molecule has 0 saturated heterocycles. The van der Waals surface area contributed by atoms with Crippen LogP contribution in [0.4, 0.5) is 5.69 Å². The third-order valence-electron chi connectivity index (χ3n) is 2.48. The van der Waals surface area contributed by atoms with Crippen LogP contribution in [0.1, 0.15) is 11.5 Å². The molecule has 1 unspecified atom stereocenters. The molecule has 0 aromatic heterocycles. The van der Waals surface area contributed by atoms with E-state index < -0.39 is 0 Å². The molecule has 1 aromatic carbocycles. The number of benzene rings is 1. The van der Waals surface area contributed by atoms with Crippen molar-refractivity contribution in [2.24, 2.45) is 0 Å². The first-order chi connectivity index (χ1) is 6.33. The summed E-state index contributed by atoms with van der Waals surface area (Å²) >= 11 is 0. The first kappa shape index (κ1) is 8.38. The Morgan fingerprint density at radius 2 is 2.46 bits per heavy atom. The lowest BCUT2D eigenvalue weighted by Gasteiger charge is -2.09. The van der Waals surface area contributed by atoms with Gasteiger partial charge in [0.15, 0.2) is 0 Å². The Bertz CT molecular complexity index is 310. The number of likely N-dealkylation sites (N-methyl/N-ethyl adjacent to an activating group) is 1. The van der Waals surface area contributed by atoms with E-state index in [9.17, 15) is 5.11 Å². The molecular formula is C10H14N2O. The number of aromatic hydroxyl groups is 1. The van der Waals surface area contributed by atoms with Crippen LogP contribution in [-0.2, 0) is 0 Å². The van der Waals surface area contributed by atoms with Gasteiger partial charge in [0.05, 0.1) is 0 Å². The van der Waals surface area contributed by atoms with Gasteiger partial charge in [0.1, 0.15) is 5.75 Å². The molecule has 0 aliphatic carbocycles. The van der Waals surface area contributed by atoms with Crippen molar-refractivity contribution in [1.29, 1.82) is 0 Å². The normalized spacial score (nSPS) is 19.6. The molecule has 0 amide bonds. The van der Waals surface area contributed by atoms with Crippen LogP contribution in [0, 0.1) is 0 Å². The zero-order chi connectivity index (χ0) is 9.26. The summed E-state index contributed by atoms with van der Waals surface area (Å²) in [7, 11) is 1.93. The van der Waals surface area contributed by atoms with E-state index in [1.54, 1.807) is 6.07 Å². The average Bonchev–Trinajstić information content (AvgIpc) is 2.51. The van der Waals surface area contributed by atoms with Crippen molar-refractivity contribution in [2.75, 3.05) is 25.5 Å². The van der Waals surface area contributed by atoms with E-state index in [4.69, 9.17) is 0 Å². The predicted octanol–water partition coefficient (Wildman–Crippen LogP) is 1.12. The Morgan fingerprint density at radius 3 is 3.23 bits per heavy atom. The van der Waals surface area contributed by atoms with E-state index in [1.165, 1.54) is 0 Å². The van der Waals surface area contributed by atoms with Crippen LogP contribution in [0.25, 0.3) is 0 Å². The van der Waals surface area contributed by atoms with Crippen molar-refractivity contribution in [3.8, 4) is 5.75 Å². The number of hydrogen-bond acceptors (Lipinski definition) is 3. The van der Waals surface area contributed by atoms with Gasteiger partial charge in [-0.3, -0.25) is 0 Å². The summed E-state index contributed by atoms with van der Waals surface area (Å²) < 4.78 is 0. The van der Waals surface area contributed by atoms with Gasteiger partial charge in [-0.15, -0.1) is 0 Å². The Balaban J connectivity index is 2.34. The van der Waals surface area contributed by atoms with Crippen molar-refractivity contribution in [2.45, 2.75) is 5.92 Å². The van der Waals surface area contributed by atoms with E-state index in [0.29, 0.717) is 11.7 Å². The Hall–Kier alpha value is -1.22. The van der Waals surface area contributed by atoms with Gasteiger partial charge in [0.2, 0.25) is 0 Å². The monoisotopic (exact) mass is 178 g/mol. The van der Waals surface area contributed by atoms with E-state index in [0.717, 1.165) is 24.3 Å². The number of phenolic OH excluding ortho intramolecular Hbond substituents is 1. The topological polar surface area (TPSA) is 44.3 Å². The maximum Gasteiger partial charge on any atom is 0.121 e. The molecule has 70 valence electrons. The summed E-state index contributed by atoms with van der Waals surface area (Å²) in [5.41, 5.74) is 2.12. The molecule has 13 heavy (non-hydrogen) atoms. The summed E-state index contributed by atoms with van der Waals surface area (Å²) in [6.07, 6.45) is 0. The summed E-state index contributed by atoms with van der Waals surface area (Å²) in [5.74, 6) is 0.795. The van der Waals surface area contributed by atoms with Gasteiger partial charge in [-0.25, -0.2) is 0 Å². The maximum absolute atomic E-state index is 9.66. The van der Waals surface area contributed by atoms with Crippen molar-refractivity contribution < 1.29 is 5.11 Å². The molecular weight excluding hydrogens is 164 g/mol. The zero-order valence-electron chi connectivity index (χ0n) is 7.67. The van der Waals surface area contributed by atoms with Gasteiger partial charge in [0.25, 0.3) is 0 Å². The average molecular weight is 178 g/mol. The minimum atomic E-state index is 0.390. The van der Waals surface area contributed by atoms with E-state index in [2.05, 4.69) is 10.6 Å². The van der Waals surface area contributed by atoms with Crippen molar-refractivity contribution >= 4 is 5.69 Å². The predicted molar refractivity (Wildman–Crippen MR) is 53.3 cm³/mol. The summed E-state index contributed by atoms with van der Waals surface area (Å²) in [6.45, 7) is 1.81. The van der Waals surface area contributed by atoms with Crippen molar-refractivity contribution in [1.82, 2.24) is 5.32 Å². The highest BCUT2D eigenvalue weighted by Gasteiger charge is 2.24. The van der Waals surface area contributed by atoms with Crippen LogP contribution < -0.4 is 10.6 Å². The fraction of sp³-hybridized carbons (Fsp3) is 0.400. The van der Waals surface area contributed by atoms with E-state index in [-0.39, 0.29) is 0 Å². The minimum Gasteiger partial charge on any atom is -0.508 e.